The lowest BCUT2D eigenvalue weighted by molar-refractivity contribution is -0.197. The molecule has 3 nitrogen and oxygen atoms in total. The Hall–Kier alpha value is -2.04. The van der Waals surface area contributed by atoms with Gasteiger partial charge in [-0.1, -0.05) is 25.1 Å². The maximum atomic E-state index is 13.0. The van der Waals surface area contributed by atoms with Crippen LogP contribution in [0.4, 0.5) is 4.39 Å². The van der Waals surface area contributed by atoms with Crippen LogP contribution in [-0.4, -0.2) is 18.2 Å². The van der Waals surface area contributed by atoms with Crippen molar-refractivity contribution < 1.29 is 13.9 Å². The molecule has 1 aromatic heterocycles. The average Bonchev–Trinajstić information content (AvgIpc) is 2.61. The summed E-state index contributed by atoms with van der Waals surface area (Å²) in [6.45, 7) is 3.42. The molecule has 0 radical (unpaired) electrons. The predicted molar refractivity (Wildman–Crippen MR) is 87.2 cm³/mol. The van der Waals surface area contributed by atoms with Crippen molar-refractivity contribution in [3.05, 3.63) is 66.1 Å². The van der Waals surface area contributed by atoms with Crippen molar-refractivity contribution in [2.45, 2.75) is 19.6 Å². The second-order valence-corrected chi connectivity index (χ2v) is 5.58. The molecule has 0 saturated carbocycles. The first-order valence-electron chi connectivity index (χ1n) is 7.88. The summed E-state index contributed by atoms with van der Waals surface area (Å²) in [6.07, 6.45) is 6.69. The Balaban J connectivity index is 1.64. The highest BCUT2D eigenvalue weighted by Gasteiger charge is 2.22. The number of hydrogen-bond donors (Lipinski definition) is 0. The summed E-state index contributed by atoms with van der Waals surface area (Å²) in [5.74, 6) is 0.0682. The van der Waals surface area contributed by atoms with Crippen molar-refractivity contribution in [3.63, 3.8) is 0 Å². The molecule has 0 N–H and O–H groups in total. The first-order valence-corrected chi connectivity index (χ1v) is 7.88. The highest BCUT2D eigenvalue weighted by Crippen LogP contribution is 2.26. The van der Waals surface area contributed by atoms with Gasteiger partial charge in [0, 0.05) is 23.2 Å². The highest BCUT2D eigenvalue weighted by molar-refractivity contribution is 5.58. The smallest absolute Gasteiger partial charge is 0.185 e. The van der Waals surface area contributed by atoms with E-state index in [1.165, 1.54) is 12.1 Å². The summed E-state index contributed by atoms with van der Waals surface area (Å²) in [5.41, 5.74) is 2.58. The Labute approximate surface area is 135 Å². The Morgan fingerprint density at radius 2 is 1.87 bits per heavy atom. The number of pyridine rings is 1. The Bertz CT molecular complexity index is 644. The van der Waals surface area contributed by atoms with Gasteiger partial charge in [-0.2, -0.15) is 0 Å². The first-order chi connectivity index (χ1) is 11.3. The van der Waals surface area contributed by atoms with Gasteiger partial charge in [0.05, 0.1) is 18.9 Å². The largest absolute Gasteiger partial charge is 0.348 e. The fourth-order valence-corrected chi connectivity index (χ4v) is 2.49. The van der Waals surface area contributed by atoms with E-state index in [9.17, 15) is 4.39 Å². The molecule has 1 aliphatic heterocycles. The minimum atomic E-state index is -0.365. The van der Waals surface area contributed by atoms with Crippen LogP contribution < -0.4 is 0 Å². The molecule has 0 spiro atoms. The van der Waals surface area contributed by atoms with Gasteiger partial charge in [0.15, 0.2) is 6.29 Å². The lowest BCUT2D eigenvalue weighted by atomic mass is 10.1. The molecule has 3 rings (SSSR count). The lowest BCUT2D eigenvalue weighted by Crippen LogP contribution is -2.25. The minimum Gasteiger partial charge on any atom is -0.348 e. The quantitative estimate of drug-likeness (QED) is 0.778. The molecule has 4 heteroatoms. The van der Waals surface area contributed by atoms with Crippen molar-refractivity contribution in [1.82, 2.24) is 4.98 Å². The molecule has 2 aromatic rings. The summed E-state index contributed by atoms with van der Waals surface area (Å²) in [4.78, 5) is 4.43. The highest BCUT2D eigenvalue weighted by atomic mass is 19.1. The van der Waals surface area contributed by atoms with Crippen LogP contribution in [0.3, 0.4) is 0 Å². The molecule has 0 atom stereocenters. The molecular weight excluding hydrogens is 293 g/mol. The lowest BCUT2D eigenvalue weighted by Gasteiger charge is -2.28. The van der Waals surface area contributed by atoms with Gasteiger partial charge in [0.25, 0.3) is 0 Å². The number of benzene rings is 1. The van der Waals surface area contributed by atoms with E-state index in [0.717, 1.165) is 23.2 Å². The van der Waals surface area contributed by atoms with Crippen molar-refractivity contribution in [3.8, 4) is 11.3 Å². The van der Waals surface area contributed by atoms with E-state index in [2.05, 4.69) is 24.1 Å². The maximum absolute atomic E-state index is 13.0. The van der Waals surface area contributed by atoms with E-state index in [4.69, 9.17) is 9.47 Å². The van der Waals surface area contributed by atoms with Gasteiger partial charge < -0.3 is 9.47 Å². The molecule has 120 valence electrons. The zero-order chi connectivity index (χ0) is 16.1. The number of rotatable bonds is 4. The monoisotopic (exact) mass is 313 g/mol. The number of hydrogen-bond acceptors (Lipinski definition) is 3. The second-order valence-electron chi connectivity index (χ2n) is 5.58. The van der Waals surface area contributed by atoms with E-state index in [1.54, 1.807) is 18.3 Å². The van der Waals surface area contributed by atoms with Crippen LogP contribution in [0.25, 0.3) is 11.3 Å². The fraction of sp³-hybridized carbons (Fsp3) is 0.316. The van der Waals surface area contributed by atoms with Crippen LogP contribution in [0.1, 0.15) is 25.2 Å². The Morgan fingerprint density at radius 3 is 2.48 bits per heavy atom. The zero-order valence-electron chi connectivity index (χ0n) is 13.1. The van der Waals surface area contributed by atoms with Crippen LogP contribution in [0, 0.1) is 11.7 Å². The molecule has 0 amide bonds. The third-order valence-electron chi connectivity index (χ3n) is 3.77. The van der Waals surface area contributed by atoms with Crippen molar-refractivity contribution in [2.24, 2.45) is 5.92 Å². The number of halogens is 1. The summed E-state index contributed by atoms with van der Waals surface area (Å²) >= 11 is 0. The van der Waals surface area contributed by atoms with Crippen LogP contribution in [0.5, 0.6) is 0 Å². The van der Waals surface area contributed by atoms with Gasteiger partial charge in [0.1, 0.15) is 5.82 Å². The zero-order valence-corrected chi connectivity index (χ0v) is 13.1. The molecular formula is C19H20FNO2. The van der Waals surface area contributed by atoms with Crippen molar-refractivity contribution in [1.29, 1.82) is 0 Å². The average molecular weight is 313 g/mol. The van der Waals surface area contributed by atoms with Crippen molar-refractivity contribution >= 4 is 0 Å². The van der Waals surface area contributed by atoms with Crippen LogP contribution in [0.15, 0.2) is 54.7 Å². The minimum absolute atomic E-state index is 0.249. The molecule has 1 aliphatic rings. The van der Waals surface area contributed by atoms with Crippen LogP contribution in [0.2, 0.25) is 0 Å². The molecule has 0 unspecified atom stereocenters. The normalized spacial score (nSPS) is 21.7. The Kier molecular flexibility index (Phi) is 5.16. The van der Waals surface area contributed by atoms with Gasteiger partial charge in [-0.25, -0.2) is 4.39 Å². The van der Waals surface area contributed by atoms with Gasteiger partial charge in [0.2, 0.25) is 0 Å². The van der Waals surface area contributed by atoms with Gasteiger partial charge in [-0.05, 0) is 36.8 Å². The summed E-state index contributed by atoms with van der Waals surface area (Å²) in [5, 5.41) is 0. The van der Waals surface area contributed by atoms with E-state index >= 15 is 0 Å². The summed E-state index contributed by atoms with van der Waals surface area (Å²) in [6, 6.07) is 10.1. The van der Waals surface area contributed by atoms with E-state index in [-0.39, 0.29) is 12.1 Å². The van der Waals surface area contributed by atoms with Gasteiger partial charge in [-0.15, -0.1) is 0 Å². The van der Waals surface area contributed by atoms with E-state index in [1.807, 2.05) is 12.1 Å². The third-order valence-corrected chi connectivity index (χ3v) is 3.77. The fourth-order valence-electron chi connectivity index (χ4n) is 2.49. The predicted octanol–water partition coefficient (Wildman–Crippen LogP) is 4.52. The summed E-state index contributed by atoms with van der Waals surface area (Å²) in [7, 11) is 0. The van der Waals surface area contributed by atoms with E-state index in [0.29, 0.717) is 19.1 Å². The molecule has 1 saturated heterocycles. The third kappa shape index (κ3) is 4.03. The molecule has 1 fully saturated rings. The Morgan fingerprint density at radius 1 is 1.13 bits per heavy atom. The summed E-state index contributed by atoms with van der Waals surface area (Å²) < 4.78 is 24.5. The van der Waals surface area contributed by atoms with Crippen LogP contribution in [-0.2, 0) is 9.47 Å². The number of ether oxygens (including phenoxy) is 2. The van der Waals surface area contributed by atoms with Crippen LogP contribution >= 0.6 is 0 Å². The van der Waals surface area contributed by atoms with Crippen molar-refractivity contribution in [2.75, 3.05) is 13.2 Å². The van der Waals surface area contributed by atoms with Gasteiger partial charge in [-0.3, -0.25) is 4.98 Å². The maximum Gasteiger partial charge on any atom is 0.185 e. The number of aromatic nitrogens is 1. The molecule has 0 bridgehead atoms. The molecule has 23 heavy (non-hydrogen) atoms. The topological polar surface area (TPSA) is 31.4 Å². The molecule has 1 aromatic carbocycles. The SMILES string of the molecule is CCC=CC1COC(c2ccc(-c3ccc(F)cc3)nc2)OC1. The van der Waals surface area contributed by atoms with Gasteiger partial charge >= 0.3 is 0 Å². The second kappa shape index (κ2) is 7.49. The molecule has 0 aliphatic carbocycles. The van der Waals surface area contributed by atoms with E-state index < -0.39 is 0 Å². The standard InChI is InChI=1S/C19H20FNO2/c1-2-3-4-14-12-22-19(23-13-14)16-7-10-18(21-11-16)15-5-8-17(20)9-6-15/h3-11,14,19H,2,12-13H2,1H3. The number of allylic oxidation sites excluding steroid dienone is 1. The number of nitrogens with zero attached hydrogens (tertiary/aromatic N) is 1. The first kappa shape index (κ1) is 15.8. The molecule has 2 heterocycles.